The van der Waals surface area contributed by atoms with E-state index in [1.54, 1.807) is 6.07 Å². The third-order valence-electron chi connectivity index (χ3n) is 6.77. The van der Waals surface area contributed by atoms with Gasteiger partial charge in [-0.3, -0.25) is 14.4 Å². The van der Waals surface area contributed by atoms with Gasteiger partial charge in [0.2, 0.25) is 0 Å². The van der Waals surface area contributed by atoms with Gasteiger partial charge in [-0.25, -0.2) is 13.0 Å². The Morgan fingerprint density at radius 3 is 2.49 bits per heavy atom. The van der Waals surface area contributed by atoms with Crippen LogP contribution in [0, 0.1) is 17.6 Å². The number of benzene rings is 2. The minimum Gasteiger partial charge on any atom is -0.493 e. The third kappa shape index (κ3) is 6.54. The van der Waals surface area contributed by atoms with Crippen LogP contribution in [0.5, 0.6) is 5.75 Å². The molecule has 1 N–H and O–H groups in total. The molecule has 35 heavy (non-hydrogen) atoms. The maximum atomic E-state index is 14.8. The molecular weight excluding hydrogens is 494 g/mol. The van der Waals surface area contributed by atoms with Crippen LogP contribution in [0.25, 0.3) is 0 Å². The number of piperidine rings is 1. The number of halogens is 3. The lowest BCUT2D eigenvalue weighted by molar-refractivity contribution is 0.0978. The molecule has 1 saturated heterocycles. The standard InChI is InChI=1S/C26H31ClF2N2O3S/c1-16(19-6-7-22(27)24(29)12-19)31-10-8-17(9-11-31)15-34-25-14-23(28)21(13-20(25)18-4-5-18)26(32)30-35(2,3)33/h6-7,12-14,16-18H,2,4-5,8-11,15H2,1,3H3,(H,30,32,33)/t16-,35?/m0/s1. The molecule has 2 fully saturated rings. The van der Waals surface area contributed by atoms with Gasteiger partial charge in [0.1, 0.15) is 17.4 Å². The van der Waals surface area contributed by atoms with Crippen molar-refractivity contribution in [1.29, 1.82) is 0 Å². The molecule has 4 rings (SSSR count). The fourth-order valence-corrected chi connectivity index (χ4v) is 5.15. The number of likely N-dealkylation sites (tertiary alicyclic amines) is 1. The molecule has 0 spiro atoms. The van der Waals surface area contributed by atoms with Gasteiger partial charge in [-0.2, -0.15) is 0 Å². The summed E-state index contributed by atoms with van der Waals surface area (Å²) in [7, 11) is -2.80. The monoisotopic (exact) mass is 524 g/mol. The van der Waals surface area contributed by atoms with Gasteiger partial charge in [-0.05, 0) is 92.7 Å². The molecular formula is C26H31ClF2N2O3S. The lowest BCUT2D eigenvalue weighted by Gasteiger charge is -2.36. The first-order valence-electron chi connectivity index (χ1n) is 11.8. The maximum absolute atomic E-state index is 14.8. The highest BCUT2D eigenvalue weighted by molar-refractivity contribution is 7.98. The van der Waals surface area contributed by atoms with Crippen LogP contribution < -0.4 is 9.46 Å². The predicted molar refractivity (Wildman–Crippen MR) is 137 cm³/mol. The molecule has 0 bridgehead atoms. The van der Waals surface area contributed by atoms with E-state index in [9.17, 15) is 17.8 Å². The second-order valence-corrected chi connectivity index (χ2v) is 12.3. The summed E-state index contributed by atoms with van der Waals surface area (Å²) in [5.41, 5.74) is 1.57. The van der Waals surface area contributed by atoms with Crippen LogP contribution in [-0.4, -0.2) is 46.8 Å². The molecule has 0 aromatic heterocycles. The first-order chi connectivity index (χ1) is 16.5. The summed E-state index contributed by atoms with van der Waals surface area (Å²) in [6.07, 6.45) is 5.05. The molecule has 1 heterocycles. The summed E-state index contributed by atoms with van der Waals surface area (Å²) >= 11 is 5.81. The molecule has 190 valence electrons. The van der Waals surface area contributed by atoms with Gasteiger partial charge in [0.05, 0.1) is 17.2 Å². The molecule has 0 radical (unpaired) electrons. The number of carbonyl (C=O) groups is 1. The van der Waals surface area contributed by atoms with Crippen LogP contribution >= 0.6 is 11.6 Å². The van der Waals surface area contributed by atoms with E-state index in [1.165, 1.54) is 24.5 Å². The Labute approximate surface area is 210 Å². The molecule has 2 aliphatic rings. The summed E-state index contributed by atoms with van der Waals surface area (Å²) in [6.45, 7) is 4.23. The van der Waals surface area contributed by atoms with E-state index >= 15 is 0 Å². The average molecular weight is 525 g/mol. The van der Waals surface area contributed by atoms with Crippen molar-refractivity contribution in [1.82, 2.24) is 9.62 Å². The van der Waals surface area contributed by atoms with Crippen molar-refractivity contribution in [3.05, 3.63) is 63.7 Å². The third-order valence-corrected chi connectivity index (χ3v) is 7.69. The van der Waals surface area contributed by atoms with Crippen molar-refractivity contribution in [3.8, 4) is 5.75 Å². The van der Waals surface area contributed by atoms with Gasteiger partial charge in [-0.15, -0.1) is 0 Å². The number of nitrogens with zero attached hydrogens (tertiary/aromatic N) is 1. The molecule has 1 aliphatic carbocycles. The molecule has 1 saturated carbocycles. The Hall–Kier alpha value is -2.16. The minimum atomic E-state index is -2.80. The molecule has 5 nitrogen and oxygen atoms in total. The summed E-state index contributed by atoms with van der Waals surface area (Å²) in [6, 6.07) is 7.83. The number of amides is 1. The van der Waals surface area contributed by atoms with E-state index in [0.29, 0.717) is 18.3 Å². The smallest absolute Gasteiger partial charge is 0.265 e. The van der Waals surface area contributed by atoms with Crippen molar-refractivity contribution in [2.45, 2.75) is 44.6 Å². The van der Waals surface area contributed by atoms with Gasteiger partial charge < -0.3 is 4.74 Å². The number of carbonyl (C=O) groups excluding carboxylic acids is 1. The van der Waals surface area contributed by atoms with Gasteiger partial charge in [0.15, 0.2) is 0 Å². The first-order valence-corrected chi connectivity index (χ1v) is 14.3. The zero-order valence-corrected chi connectivity index (χ0v) is 21.6. The molecule has 1 aliphatic heterocycles. The van der Waals surface area contributed by atoms with Gasteiger partial charge >= 0.3 is 0 Å². The van der Waals surface area contributed by atoms with E-state index in [1.807, 2.05) is 6.07 Å². The number of rotatable bonds is 8. The number of ether oxygens (including phenoxy) is 1. The Balaban J connectivity index is 1.37. The summed E-state index contributed by atoms with van der Waals surface area (Å²) in [5.74, 6) is 2.58. The molecule has 2 aromatic rings. The molecule has 1 unspecified atom stereocenters. The van der Waals surface area contributed by atoms with Crippen LogP contribution in [-0.2, 0) is 9.71 Å². The summed E-state index contributed by atoms with van der Waals surface area (Å²) in [4.78, 5) is 14.7. The molecule has 1 amide bonds. The lowest BCUT2D eigenvalue weighted by atomic mass is 9.95. The van der Waals surface area contributed by atoms with E-state index in [4.69, 9.17) is 16.3 Å². The Morgan fingerprint density at radius 1 is 1.20 bits per heavy atom. The van der Waals surface area contributed by atoms with Gasteiger partial charge in [-0.1, -0.05) is 17.7 Å². The van der Waals surface area contributed by atoms with E-state index in [0.717, 1.165) is 49.9 Å². The van der Waals surface area contributed by atoms with E-state index in [2.05, 4.69) is 22.4 Å². The summed E-state index contributed by atoms with van der Waals surface area (Å²) < 4.78 is 48.8. The molecule has 2 aromatic carbocycles. The highest BCUT2D eigenvalue weighted by Gasteiger charge is 2.30. The lowest BCUT2D eigenvalue weighted by Crippen LogP contribution is -2.37. The first kappa shape index (κ1) is 25.9. The number of nitrogens with one attached hydrogen (secondary N) is 1. The topological polar surface area (TPSA) is 58.6 Å². The number of hydrogen-bond acceptors (Lipinski definition) is 4. The molecule has 9 heteroatoms. The van der Waals surface area contributed by atoms with Gasteiger partial charge in [0.25, 0.3) is 5.91 Å². The Morgan fingerprint density at radius 2 is 1.89 bits per heavy atom. The minimum absolute atomic E-state index is 0.0778. The zero-order chi connectivity index (χ0) is 25.3. The number of hydrogen-bond donors (Lipinski definition) is 1. The zero-order valence-electron chi connectivity index (χ0n) is 20.0. The van der Waals surface area contributed by atoms with Gasteiger partial charge in [0, 0.05) is 28.1 Å². The fraction of sp³-hybridized carbons (Fsp3) is 0.462. The average Bonchev–Trinajstić information content (AvgIpc) is 3.63. The Kier molecular flexibility index (Phi) is 7.74. The second-order valence-electron chi connectivity index (χ2n) is 9.72. The van der Waals surface area contributed by atoms with Crippen LogP contribution in [0.2, 0.25) is 5.02 Å². The summed E-state index contributed by atoms with van der Waals surface area (Å²) in [5, 5.41) is 0.125. The van der Waals surface area contributed by atoms with Crippen molar-refractivity contribution in [2.24, 2.45) is 5.92 Å². The SMILES string of the molecule is C=S(C)(=O)NC(=O)c1cc(C2CC2)c(OCC2CCN([C@@H](C)c3ccc(Cl)c(F)c3)CC2)cc1F. The molecule has 2 atom stereocenters. The van der Waals surface area contributed by atoms with E-state index < -0.39 is 27.2 Å². The highest BCUT2D eigenvalue weighted by Crippen LogP contribution is 2.45. The van der Waals surface area contributed by atoms with Crippen molar-refractivity contribution in [3.63, 3.8) is 0 Å². The van der Waals surface area contributed by atoms with Crippen LogP contribution in [0.3, 0.4) is 0 Å². The second kappa shape index (κ2) is 10.4. The van der Waals surface area contributed by atoms with Crippen LogP contribution in [0.4, 0.5) is 8.78 Å². The Bertz CT molecular complexity index is 1210. The van der Waals surface area contributed by atoms with Crippen molar-refractivity contribution >= 4 is 33.1 Å². The predicted octanol–water partition coefficient (Wildman–Crippen LogP) is 5.34. The van der Waals surface area contributed by atoms with E-state index in [-0.39, 0.29) is 22.5 Å². The van der Waals surface area contributed by atoms with Crippen molar-refractivity contribution in [2.75, 3.05) is 26.0 Å². The fourth-order valence-electron chi connectivity index (χ4n) is 4.53. The van der Waals surface area contributed by atoms with Crippen LogP contribution in [0.1, 0.15) is 66.1 Å². The highest BCUT2D eigenvalue weighted by atomic mass is 35.5. The largest absolute Gasteiger partial charge is 0.493 e. The maximum Gasteiger partial charge on any atom is 0.265 e. The quantitative estimate of drug-likeness (QED) is 0.474. The van der Waals surface area contributed by atoms with Crippen molar-refractivity contribution < 1.29 is 22.5 Å². The normalized spacial score (nSPS) is 19.7. The van der Waals surface area contributed by atoms with Crippen LogP contribution in [0.15, 0.2) is 30.3 Å².